The second kappa shape index (κ2) is 8.46. The topological polar surface area (TPSA) is 58.6 Å². The molecule has 4 nitrogen and oxygen atoms in total. The quantitative estimate of drug-likeness (QED) is 0.718. The number of rotatable bonds is 8. The second-order valence-corrected chi connectivity index (χ2v) is 4.98. The predicted octanol–water partition coefficient (Wildman–Crippen LogP) is 3.20. The maximum Gasteiger partial charge on any atom is 0.220 e. The summed E-state index contributed by atoms with van der Waals surface area (Å²) in [6.07, 6.45) is 2.45. The molecule has 112 valence electrons. The fourth-order valence-corrected chi connectivity index (χ4v) is 2.02. The fourth-order valence-electron chi connectivity index (χ4n) is 2.02. The van der Waals surface area contributed by atoms with E-state index >= 15 is 0 Å². The first-order chi connectivity index (χ1) is 9.58. The van der Waals surface area contributed by atoms with E-state index in [9.17, 15) is 9.90 Å². The molecule has 20 heavy (non-hydrogen) atoms. The molecule has 1 atom stereocenters. The van der Waals surface area contributed by atoms with Crippen LogP contribution in [0, 0.1) is 0 Å². The number of unbranched alkanes of at least 4 members (excludes halogenated alkanes) is 1. The molecule has 4 heteroatoms. The summed E-state index contributed by atoms with van der Waals surface area (Å²) in [7, 11) is 0. The summed E-state index contributed by atoms with van der Waals surface area (Å²) in [6.45, 7) is 7.21. The summed E-state index contributed by atoms with van der Waals surface area (Å²) in [5, 5.41) is 12.8. The lowest BCUT2D eigenvalue weighted by molar-refractivity contribution is -0.121. The normalized spacial score (nSPS) is 11.9. The van der Waals surface area contributed by atoms with Crippen LogP contribution in [0.25, 0.3) is 0 Å². The molecule has 1 aromatic carbocycles. The Morgan fingerprint density at radius 1 is 1.40 bits per heavy atom. The van der Waals surface area contributed by atoms with Gasteiger partial charge in [-0.1, -0.05) is 26.3 Å². The average Bonchev–Trinajstić information content (AvgIpc) is 2.39. The van der Waals surface area contributed by atoms with Crippen LogP contribution in [0.1, 0.15) is 51.5 Å². The molecule has 0 saturated carbocycles. The Labute approximate surface area is 121 Å². The first kappa shape index (κ1) is 16.3. The number of aromatic hydroxyl groups is 1. The summed E-state index contributed by atoms with van der Waals surface area (Å²) in [5.74, 6) is 0.842. The van der Waals surface area contributed by atoms with E-state index in [0.29, 0.717) is 25.3 Å². The van der Waals surface area contributed by atoms with Gasteiger partial charge in [-0.25, -0.2) is 0 Å². The number of carbonyl (C=O) groups excluding carboxylic acids is 1. The summed E-state index contributed by atoms with van der Waals surface area (Å²) in [6, 6.07) is 5.30. The summed E-state index contributed by atoms with van der Waals surface area (Å²) < 4.78 is 5.54. The van der Waals surface area contributed by atoms with Gasteiger partial charge in [0.25, 0.3) is 0 Å². The molecule has 0 aliphatic rings. The molecule has 1 rings (SSSR count). The van der Waals surface area contributed by atoms with Crippen molar-refractivity contribution in [1.82, 2.24) is 5.32 Å². The highest BCUT2D eigenvalue weighted by atomic mass is 16.5. The fraction of sp³-hybridized carbons (Fsp3) is 0.562. The molecule has 0 saturated heterocycles. The van der Waals surface area contributed by atoms with Gasteiger partial charge in [0.15, 0.2) is 0 Å². The third-order valence-electron chi connectivity index (χ3n) is 3.16. The molecule has 0 aliphatic heterocycles. The van der Waals surface area contributed by atoms with Crippen molar-refractivity contribution in [2.45, 2.75) is 46.0 Å². The molecule has 2 N–H and O–H groups in total. The molecule has 1 aromatic rings. The molecular weight excluding hydrogens is 254 g/mol. The minimum Gasteiger partial charge on any atom is -0.508 e. The van der Waals surface area contributed by atoms with Crippen LogP contribution in [-0.2, 0) is 4.79 Å². The van der Waals surface area contributed by atoms with Crippen LogP contribution in [0.2, 0.25) is 0 Å². The molecule has 1 unspecified atom stereocenters. The van der Waals surface area contributed by atoms with Gasteiger partial charge in [0, 0.05) is 19.0 Å². The number of carbonyl (C=O) groups is 1. The number of hydrogen-bond acceptors (Lipinski definition) is 3. The monoisotopic (exact) mass is 279 g/mol. The zero-order valence-electron chi connectivity index (χ0n) is 12.6. The van der Waals surface area contributed by atoms with Crippen molar-refractivity contribution in [3.05, 3.63) is 23.8 Å². The Bertz CT molecular complexity index is 432. The Morgan fingerprint density at radius 2 is 2.15 bits per heavy atom. The van der Waals surface area contributed by atoms with Crippen LogP contribution >= 0.6 is 0 Å². The third kappa shape index (κ3) is 5.11. The number of nitrogens with one attached hydrogen (secondary N) is 1. The molecular formula is C16H25NO3. The van der Waals surface area contributed by atoms with Gasteiger partial charge < -0.3 is 15.2 Å². The van der Waals surface area contributed by atoms with Crippen molar-refractivity contribution >= 4 is 5.91 Å². The highest BCUT2D eigenvalue weighted by Crippen LogP contribution is 2.31. The molecule has 1 amide bonds. The van der Waals surface area contributed by atoms with Crippen molar-refractivity contribution in [1.29, 1.82) is 0 Å². The van der Waals surface area contributed by atoms with Gasteiger partial charge in [0.1, 0.15) is 11.5 Å². The lowest BCUT2D eigenvalue weighted by Gasteiger charge is -2.14. The van der Waals surface area contributed by atoms with Gasteiger partial charge in [-0.2, -0.15) is 0 Å². The van der Waals surface area contributed by atoms with Crippen LogP contribution in [0.15, 0.2) is 18.2 Å². The van der Waals surface area contributed by atoms with Gasteiger partial charge >= 0.3 is 0 Å². The van der Waals surface area contributed by atoms with E-state index in [1.54, 1.807) is 6.07 Å². The average molecular weight is 279 g/mol. The van der Waals surface area contributed by atoms with E-state index < -0.39 is 0 Å². The van der Waals surface area contributed by atoms with Gasteiger partial charge in [0.05, 0.1) is 6.61 Å². The third-order valence-corrected chi connectivity index (χ3v) is 3.16. The first-order valence-electron chi connectivity index (χ1n) is 7.30. The predicted molar refractivity (Wildman–Crippen MR) is 80.2 cm³/mol. The van der Waals surface area contributed by atoms with E-state index in [-0.39, 0.29) is 17.6 Å². The van der Waals surface area contributed by atoms with E-state index in [4.69, 9.17) is 4.74 Å². The summed E-state index contributed by atoms with van der Waals surface area (Å²) >= 11 is 0. The molecule has 0 fully saturated rings. The van der Waals surface area contributed by atoms with Gasteiger partial charge in [0.2, 0.25) is 5.91 Å². The zero-order valence-corrected chi connectivity index (χ0v) is 12.6. The largest absolute Gasteiger partial charge is 0.508 e. The number of phenols is 1. The van der Waals surface area contributed by atoms with E-state index in [1.165, 1.54) is 0 Å². The van der Waals surface area contributed by atoms with E-state index in [2.05, 4.69) is 12.2 Å². The Hall–Kier alpha value is -1.71. The lowest BCUT2D eigenvalue weighted by Crippen LogP contribution is -2.23. The standard InChI is InChI=1S/C16H25NO3/c1-4-6-9-20-13-7-8-14(15(18)11-13)12(3)10-16(19)17-5-2/h7-8,11-12,18H,4-6,9-10H2,1-3H3,(H,17,19). The van der Waals surface area contributed by atoms with Crippen molar-refractivity contribution in [3.8, 4) is 11.5 Å². The second-order valence-electron chi connectivity index (χ2n) is 4.98. The summed E-state index contributed by atoms with van der Waals surface area (Å²) in [5.41, 5.74) is 0.777. The molecule has 0 aromatic heterocycles. The Balaban J connectivity index is 2.64. The number of benzene rings is 1. The summed E-state index contributed by atoms with van der Waals surface area (Å²) in [4.78, 5) is 11.6. The SMILES string of the molecule is CCCCOc1ccc(C(C)CC(=O)NCC)c(O)c1. The van der Waals surface area contributed by atoms with Crippen LogP contribution in [0.5, 0.6) is 11.5 Å². The van der Waals surface area contributed by atoms with Crippen molar-refractivity contribution in [2.75, 3.05) is 13.2 Å². The highest BCUT2D eigenvalue weighted by molar-refractivity contribution is 5.76. The molecule has 0 bridgehead atoms. The minimum atomic E-state index is -0.0220. The molecule has 0 radical (unpaired) electrons. The first-order valence-corrected chi connectivity index (χ1v) is 7.30. The number of hydrogen-bond donors (Lipinski definition) is 2. The van der Waals surface area contributed by atoms with Gasteiger partial charge in [-0.3, -0.25) is 4.79 Å². The maximum absolute atomic E-state index is 11.6. The Morgan fingerprint density at radius 3 is 2.75 bits per heavy atom. The minimum absolute atomic E-state index is 0.00247. The van der Waals surface area contributed by atoms with E-state index in [0.717, 1.165) is 18.4 Å². The highest BCUT2D eigenvalue weighted by Gasteiger charge is 2.14. The Kier molecular flexibility index (Phi) is 6.91. The van der Waals surface area contributed by atoms with Crippen molar-refractivity contribution < 1.29 is 14.6 Å². The molecule has 0 aliphatic carbocycles. The van der Waals surface area contributed by atoms with Crippen molar-refractivity contribution in [2.24, 2.45) is 0 Å². The van der Waals surface area contributed by atoms with Crippen LogP contribution in [-0.4, -0.2) is 24.2 Å². The number of ether oxygens (including phenoxy) is 1. The van der Waals surface area contributed by atoms with Crippen molar-refractivity contribution in [3.63, 3.8) is 0 Å². The lowest BCUT2D eigenvalue weighted by atomic mass is 9.96. The smallest absolute Gasteiger partial charge is 0.220 e. The van der Waals surface area contributed by atoms with Gasteiger partial charge in [-0.05, 0) is 30.9 Å². The van der Waals surface area contributed by atoms with Crippen LogP contribution < -0.4 is 10.1 Å². The zero-order chi connectivity index (χ0) is 15.0. The van der Waals surface area contributed by atoms with E-state index in [1.807, 2.05) is 26.0 Å². The van der Waals surface area contributed by atoms with Crippen LogP contribution in [0.4, 0.5) is 0 Å². The number of phenolic OH excluding ortho intramolecular Hbond substituents is 1. The van der Waals surface area contributed by atoms with Gasteiger partial charge in [-0.15, -0.1) is 0 Å². The maximum atomic E-state index is 11.6. The molecule has 0 spiro atoms. The number of amides is 1. The van der Waals surface area contributed by atoms with Crippen LogP contribution in [0.3, 0.4) is 0 Å². The molecule has 0 heterocycles.